The lowest BCUT2D eigenvalue weighted by molar-refractivity contribution is -0.131. The molecule has 6 heteroatoms. The summed E-state index contributed by atoms with van der Waals surface area (Å²) in [5.74, 6) is 0.157. The Hall–Kier alpha value is -2.86. The van der Waals surface area contributed by atoms with Crippen LogP contribution in [0.4, 0.5) is 5.69 Å². The van der Waals surface area contributed by atoms with Crippen molar-refractivity contribution in [1.82, 2.24) is 10.2 Å². The minimum absolute atomic E-state index is 0.0446. The first-order valence-corrected chi connectivity index (χ1v) is 12.1. The van der Waals surface area contributed by atoms with Gasteiger partial charge in [0.2, 0.25) is 5.91 Å². The van der Waals surface area contributed by atoms with Crippen LogP contribution in [0.25, 0.3) is 10.1 Å². The highest BCUT2D eigenvalue weighted by Crippen LogP contribution is 2.34. The summed E-state index contributed by atoms with van der Waals surface area (Å²) in [6, 6.07) is 16.7. The van der Waals surface area contributed by atoms with E-state index in [1.165, 1.54) is 5.56 Å². The lowest BCUT2D eigenvalue weighted by Crippen LogP contribution is -2.38. The summed E-state index contributed by atoms with van der Waals surface area (Å²) in [5, 5.41) is 3.91. The van der Waals surface area contributed by atoms with E-state index < -0.39 is 0 Å². The summed E-state index contributed by atoms with van der Waals surface area (Å²) in [6.07, 6.45) is 3.22. The van der Waals surface area contributed by atoms with Crippen LogP contribution in [-0.4, -0.2) is 49.9 Å². The number of hydrogen-bond donors (Lipinski definition) is 1. The van der Waals surface area contributed by atoms with E-state index in [1.807, 2.05) is 24.1 Å². The van der Waals surface area contributed by atoms with Crippen LogP contribution in [0.2, 0.25) is 0 Å². The summed E-state index contributed by atoms with van der Waals surface area (Å²) < 4.78 is 1.12. The van der Waals surface area contributed by atoms with E-state index in [4.69, 9.17) is 0 Å². The van der Waals surface area contributed by atoms with E-state index in [2.05, 4.69) is 53.5 Å². The first-order valence-electron chi connectivity index (χ1n) is 11.3. The van der Waals surface area contributed by atoms with Crippen molar-refractivity contribution in [3.8, 4) is 0 Å². The molecule has 1 aromatic heterocycles. The Morgan fingerprint density at radius 2 is 2.00 bits per heavy atom. The van der Waals surface area contributed by atoms with Gasteiger partial charge in [-0.05, 0) is 60.9 Å². The van der Waals surface area contributed by atoms with E-state index >= 15 is 0 Å². The van der Waals surface area contributed by atoms with Crippen molar-refractivity contribution in [2.45, 2.75) is 38.6 Å². The molecule has 32 heavy (non-hydrogen) atoms. The number of nitrogens with one attached hydrogen (secondary N) is 1. The van der Waals surface area contributed by atoms with Crippen molar-refractivity contribution in [3.63, 3.8) is 0 Å². The van der Waals surface area contributed by atoms with Gasteiger partial charge < -0.3 is 15.1 Å². The lowest BCUT2D eigenvalue weighted by atomic mass is 10.00. The SMILES string of the molecule is CNC(=O)c1sc2ccccc2c1C[C@@H]1CCCN1C(=O)CCN(C)c1cccc(C)c1. The first kappa shape index (κ1) is 22.3. The predicted molar refractivity (Wildman–Crippen MR) is 133 cm³/mol. The molecule has 0 saturated carbocycles. The fourth-order valence-electron chi connectivity index (χ4n) is 4.61. The molecule has 1 saturated heterocycles. The standard InChI is InChI=1S/C26H31N3O2S/c1-18-8-6-9-19(16-18)28(3)15-13-24(30)29-14-7-10-20(29)17-22-21-11-4-5-12-23(21)32-25(22)26(31)27-2/h4-6,8-9,11-12,16,20H,7,10,13-15,17H2,1-3H3,(H,27,31)/t20-/m0/s1. The average Bonchev–Trinajstić information content (AvgIpc) is 3.42. The molecule has 1 aliphatic heterocycles. The molecule has 1 fully saturated rings. The number of fused-ring (bicyclic) bond motifs is 1. The normalized spacial score (nSPS) is 15.8. The number of rotatable bonds is 7. The van der Waals surface area contributed by atoms with Gasteiger partial charge in [-0.1, -0.05) is 30.3 Å². The van der Waals surface area contributed by atoms with Gasteiger partial charge in [0.05, 0.1) is 4.88 Å². The molecule has 1 aliphatic rings. The highest BCUT2D eigenvalue weighted by Gasteiger charge is 2.31. The van der Waals surface area contributed by atoms with E-state index in [-0.39, 0.29) is 17.9 Å². The fourth-order valence-corrected chi connectivity index (χ4v) is 5.79. The van der Waals surface area contributed by atoms with Gasteiger partial charge in [-0.15, -0.1) is 11.3 Å². The van der Waals surface area contributed by atoms with Crippen molar-refractivity contribution >= 4 is 38.9 Å². The third-order valence-electron chi connectivity index (χ3n) is 6.37. The monoisotopic (exact) mass is 449 g/mol. The topological polar surface area (TPSA) is 52.7 Å². The molecular weight excluding hydrogens is 418 g/mol. The molecule has 0 aliphatic carbocycles. The number of carbonyl (C=O) groups is 2. The number of nitrogens with zero attached hydrogens (tertiary/aromatic N) is 2. The summed E-state index contributed by atoms with van der Waals surface area (Å²) in [6.45, 7) is 3.57. The van der Waals surface area contributed by atoms with Gasteiger partial charge in [-0.2, -0.15) is 0 Å². The summed E-state index contributed by atoms with van der Waals surface area (Å²) in [7, 11) is 3.71. The van der Waals surface area contributed by atoms with Crippen LogP contribution in [0.5, 0.6) is 0 Å². The second-order valence-corrected chi connectivity index (χ2v) is 9.64. The zero-order valence-corrected chi connectivity index (χ0v) is 19.9. The van der Waals surface area contributed by atoms with Crippen LogP contribution in [0, 0.1) is 6.92 Å². The maximum absolute atomic E-state index is 13.1. The predicted octanol–water partition coefficient (Wildman–Crippen LogP) is 4.63. The maximum atomic E-state index is 13.1. The largest absolute Gasteiger partial charge is 0.374 e. The number of anilines is 1. The van der Waals surface area contributed by atoms with Crippen LogP contribution < -0.4 is 10.2 Å². The van der Waals surface area contributed by atoms with E-state index in [0.717, 1.165) is 52.0 Å². The molecular formula is C26H31N3O2S. The molecule has 4 rings (SSSR count). The van der Waals surface area contributed by atoms with Gasteiger partial charge in [-0.3, -0.25) is 9.59 Å². The third kappa shape index (κ3) is 4.65. The number of hydrogen-bond acceptors (Lipinski definition) is 4. The maximum Gasteiger partial charge on any atom is 0.261 e. The Morgan fingerprint density at radius 1 is 1.19 bits per heavy atom. The van der Waals surface area contributed by atoms with Crippen molar-refractivity contribution < 1.29 is 9.59 Å². The zero-order valence-electron chi connectivity index (χ0n) is 19.1. The van der Waals surface area contributed by atoms with Gasteiger partial charge in [0.1, 0.15) is 0 Å². The average molecular weight is 450 g/mol. The Labute approximate surface area is 194 Å². The highest BCUT2D eigenvalue weighted by atomic mass is 32.1. The molecule has 3 aromatic rings. The number of carbonyl (C=O) groups excluding carboxylic acids is 2. The minimum atomic E-state index is -0.0446. The Kier molecular flexibility index (Phi) is 6.80. The van der Waals surface area contributed by atoms with Gasteiger partial charge in [0.15, 0.2) is 0 Å². The van der Waals surface area contributed by atoms with Crippen molar-refractivity contribution in [2.75, 3.05) is 32.1 Å². The molecule has 168 valence electrons. The molecule has 2 heterocycles. The zero-order chi connectivity index (χ0) is 22.7. The van der Waals surface area contributed by atoms with E-state index in [9.17, 15) is 9.59 Å². The second kappa shape index (κ2) is 9.74. The smallest absolute Gasteiger partial charge is 0.261 e. The number of benzene rings is 2. The Balaban J connectivity index is 1.47. The third-order valence-corrected chi connectivity index (χ3v) is 7.58. The molecule has 1 atom stereocenters. The Bertz CT molecular complexity index is 1120. The lowest BCUT2D eigenvalue weighted by Gasteiger charge is -2.27. The second-order valence-electron chi connectivity index (χ2n) is 8.58. The quantitative estimate of drug-likeness (QED) is 0.572. The van der Waals surface area contributed by atoms with E-state index in [0.29, 0.717) is 13.0 Å². The van der Waals surface area contributed by atoms with Crippen molar-refractivity contribution in [3.05, 3.63) is 64.5 Å². The van der Waals surface area contributed by atoms with Crippen LogP contribution in [0.15, 0.2) is 48.5 Å². The van der Waals surface area contributed by atoms with Gasteiger partial charge in [0, 0.05) is 50.0 Å². The molecule has 2 aromatic carbocycles. The van der Waals surface area contributed by atoms with Gasteiger partial charge in [-0.25, -0.2) is 0 Å². The van der Waals surface area contributed by atoms with Crippen LogP contribution >= 0.6 is 11.3 Å². The van der Waals surface area contributed by atoms with Crippen LogP contribution in [-0.2, 0) is 11.2 Å². The molecule has 0 bridgehead atoms. The molecule has 0 radical (unpaired) electrons. The molecule has 1 N–H and O–H groups in total. The number of amides is 2. The van der Waals surface area contributed by atoms with Gasteiger partial charge in [0.25, 0.3) is 5.91 Å². The molecule has 5 nitrogen and oxygen atoms in total. The minimum Gasteiger partial charge on any atom is -0.374 e. The molecule has 0 spiro atoms. The molecule has 0 unspecified atom stereocenters. The number of aryl methyl sites for hydroxylation is 1. The number of thiophene rings is 1. The summed E-state index contributed by atoms with van der Waals surface area (Å²) >= 11 is 1.54. The summed E-state index contributed by atoms with van der Waals surface area (Å²) in [5.41, 5.74) is 3.43. The highest BCUT2D eigenvalue weighted by molar-refractivity contribution is 7.21. The number of likely N-dealkylation sites (tertiary alicyclic amines) is 1. The fraction of sp³-hybridized carbons (Fsp3) is 0.385. The Morgan fingerprint density at radius 3 is 2.78 bits per heavy atom. The summed E-state index contributed by atoms with van der Waals surface area (Å²) in [4.78, 5) is 30.7. The van der Waals surface area contributed by atoms with Crippen LogP contribution in [0.3, 0.4) is 0 Å². The van der Waals surface area contributed by atoms with Gasteiger partial charge >= 0.3 is 0 Å². The van der Waals surface area contributed by atoms with E-state index in [1.54, 1.807) is 18.4 Å². The van der Waals surface area contributed by atoms with Crippen molar-refractivity contribution in [2.24, 2.45) is 0 Å². The van der Waals surface area contributed by atoms with Crippen molar-refractivity contribution in [1.29, 1.82) is 0 Å². The van der Waals surface area contributed by atoms with Crippen LogP contribution in [0.1, 0.15) is 40.1 Å². The first-order chi connectivity index (χ1) is 15.5. The molecule has 2 amide bonds.